The van der Waals surface area contributed by atoms with Crippen LogP contribution in [-0.4, -0.2) is 31.2 Å². The van der Waals surface area contributed by atoms with Crippen molar-refractivity contribution in [3.05, 3.63) is 48.0 Å². The molecule has 1 aliphatic rings. The molecule has 7 heteroatoms. The van der Waals surface area contributed by atoms with Crippen molar-refractivity contribution in [3.63, 3.8) is 0 Å². The Kier molecular flexibility index (Phi) is 3.35. The van der Waals surface area contributed by atoms with Gasteiger partial charge in [0.25, 0.3) is 0 Å². The molecule has 0 spiro atoms. The minimum Gasteiger partial charge on any atom is -0.367 e. The molecule has 5 rings (SSSR count). The molecule has 4 aromatic heterocycles. The molecular weight excluding hydrogens is 326 g/mol. The monoisotopic (exact) mass is 343 g/mol. The van der Waals surface area contributed by atoms with Gasteiger partial charge in [0.05, 0.1) is 23.0 Å². The first kappa shape index (κ1) is 14.9. The summed E-state index contributed by atoms with van der Waals surface area (Å²) < 4.78 is 0. The molecule has 1 saturated carbocycles. The van der Waals surface area contributed by atoms with Crippen LogP contribution in [0.2, 0.25) is 0 Å². The van der Waals surface area contributed by atoms with Gasteiger partial charge in [-0.15, -0.1) is 0 Å². The summed E-state index contributed by atoms with van der Waals surface area (Å²) in [5.41, 5.74) is 3.59. The number of hydrogen-bond donors (Lipinski definition) is 3. The van der Waals surface area contributed by atoms with Crippen LogP contribution in [0.25, 0.3) is 21.9 Å². The summed E-state index contributed by atoms with van der Waals surface area (Å²) in [6.07, 6.45) is 8.53. The lowest BCUT2D eigenvalue weighted by atomic mass is 9.99. The molecule has 7 nitrogen and oxygen atoms in total. The van der Waals surface area contributed by atoms with Gasteiger partial charge in [-0.25, -0.2) is 9.97 Å². The van der Waals surface area contributed by atoms with Crippen molar-refractivity contribution in [1.29, 1.82) is 5.26 Å². The van der Waals surface area contributed by atoms with E-state index in [2.05, 4.69) is 42.6 Å². The Morgan fingerprint density at radius 1 is 1.15 bits per heavy atom. The van der Waals surface area contributed by atoms with Crippen molar-refractivity contribution >= 4 is 27.8 Å². The predicted molar refractivity (Wildman–Crippen MR) is 98.7 cm³/mol. The summed E-state index contributed by atoms with van der Waals surface area (Å²) in [6.45, 7) is 0. The normalized spacial score (nSPS) is 19.8. The van der Waals surface area contributed by atoms with E-state index >= 15 is 0 Å². The second kappa shape index (κ2) is 5.85. The van der Waals surface area contributed by atoms with E-state index in [1.165, 1.54) is 5.39 Å². The third kappa shape index (κ3) is 2.39. The van der Waals surface area contributed by atoms with Crippen LogP contribution in [0.5, 0.6) is 0 Å². The lowest BCUT2D eigenvalue weighted by Crippen LogP contribution is -2.16. The molecule has 0 amide bonds. The van der Waals surface area contributed by atoms with Crippen LogP contribution in [-0.2, 0) is 0 Å². The summed E-state index contributed by atoms with van der Waals surface area (Å²) in [7, 11) is 0. The molecule has 2 atom stereocenters. The quantitative estimate of drug-likeness (QED) is 0.528. The fraction of sp³-hybridized carbons (Fsp3) is 0.263. The molecule has 26 heavy (non-hydrogen) atoms. The van der Waals surface area contributed by atoms with Crippen LogP contribution in [0.4, 0.5) is 5.82 Å². The van der Waals surface area contributed by atoms with Gasteiger partial charge in [0.1, 0.15) is 17.5 Å². The van der Waals surface area contributed by atoms with Crippen LogP contribution in [0.3, 0.4) is 0 Å². The predicted octanol–water partition coefficient (Wildman–Crippen LogP) is 3.45. The second-order valence-corrected chi connectivity index (χ2v) is 6.79. The Hall–Kier alpha value is -3.40. The Morgan fingerprint density at radius 2 is 2.12 bits per heavy atom. The number of nitrogens with zero attached hydrogens (tertiary/aromatic N) is 4. The number of nitrogens with one attached hydrogen (secondary N) is 3. The number of pyridine rings is 2. The van der Waals surface area contributed by atoms with Crippen LogP contribution in [0, 0.1) is 11.3 Å². The molecule has 128 valence electrons. The highest BCUT2D eigenvalue weighted by atomic mass is 15.1. The topological polar surface area (TPSA) is 106 Å². The number of aromatic amines is 2. The molecule has 0 radical (unpaired) electrons. The van der Waals surface area contributed by atoms with E-state index in [0.29, 0.717) is 17.5 Å². The number of H-pyrrole nitrogens is 2. The Morgan fingerprint density at radius 3 is 2.96 bits per heavy atom. The Bertz CT molecular complexity index is 1120. The van der Waals surface area contributed by atoms with Crippen LogP contribution in [0.15, 0.2) is 36.8 Å². The van der Waals surface area contributed by atoms with Crippen molar-refractivity contribution in [2.24, 2.45) is 0 Å². The van der Waals surface area contributed by atoms with Gasteiger partial charge in [0.2, 0.25) is 0 Å². The average Bonchev–Trinajstić information content (AvgIpc) is 3.40. The van der Waals surface area contributed by atoms with Crippen LogP contribution < -0.4 is 5.32 Å². The summed E-state index contributed by atoms with van der Waals surface area (Å²) in [4.78, 5) is 11.9. The van der Waals surface area contributed by atoms with Gasteiger partial charge in [-0.1, -0.05) is 0 Å². The molecule has 3 N–H and O–H groups in total. The summed E-state index contributed by atoms with van der Waals surface area (Å²) in [5, 5.41) is 22.4. The SMILES string of the molecule is N#Cc1ccc(N[C@@H]2CC[C@@H](c3n[nH]c4cnc5[nH]ccc5c34)C2)nc1. The maximum absolute atomic E-state index is 8.87. The summed E-state index contributed by atoms with van der Waals surface area (Å²) in [5.74, 6) is 1.22. The van der Waals surface area contributed by atoms with Crippen molar-refractivity contribution in [1.82, 2.24) is 25.1 Å². The first-order valence-corrected chi connectivity index (χ1v) is 8.74. The smallest absolute Gasteiger partial charge is 0.138 e. The highest BCUT2D eigenvalue weighted by Crippen LogP contribution is 2.39. The second-order valence-electron chi connectivity index (χ2n) is 6.79. The van der Waals surface area contributed by atoms with Gasteiger partial charge in [-0.2, -0.15) is 10.4 Å². The van der Waals surface area contributed by atoms with Crippen molar-refractivity contribution in [3.8, 4) is 6.07 Å². The van der Waals surface area contributed by atoms with E-state index in [1.54, 1.807) is 12.3 Å². The summed E-state index contributed by atoms with van der Waals surface area (Å²) in [6, 6.07) is 8.17. The highest BCUT2D eigenvalue weighted by molar-refractivity contribution is 6.04. The molecule has 4 aromatic rings. The van der Waals surface area contributed by atoms with E-state index in [0.717, 1.165) is 47.3 Å². The zero-order chi connectivity index (χ0) is 17.5. The van der Waals surface area contributed by atoms with Gasteiger partial charge >= 0.3 is 0 Å². The zero-order valence-corrected chi connectivity index (χ0v) is 14.0. The number of anilines is 1. The molecule has 0 saturated heterocycles. The maximum Gasteiger partial charge on any atom is 0.138 e. The first-order chi connectivity index (χ1) is 12.8. The molecule has 0 aromatic carbocycles. The Balaban J connectivity index is 1.39. The van der Waals surface area contributed by atoms with Gasteiger partial charge < -0.3 is 10.3 Å². The van der Waals surface area contributed by atoms with Crippen LogP contribution >= 0.6 is 0 Å². The van der Waals surface area contributed by atoms with Gasteiger partial charge in [-0.05, 0) is 37.5 Å². The number of nitriles is 1. The highest BCUT2D eigenvalue weighted by Gasteiger charge is 2.29. The van der Waals surface area contributed by atoms with Crippen molar-refractivity contribution < 1.29 is 0 Å². The number of aromatic nitrogens is 5. The van der Waals surface area contributed by atoms with Gasteiger partial charge in [-0.3, -0.25) is 5.10 Å². The standard InChI is InChI=1S/C19H17N7/c20-8-11-1-4-16(22-9-11)24-13-3-2-12(7-13)18-17-14-5-6-21-19(14)23-10-15(17)25-26-18/h1,4-6,9-10,12-13H,2-3,7H2,(H,21,23)(H,22,24)(H,25,26)/t12-,13-/m1/s1. The number of fused-ring (bicyclic) bond motifs is 3. The first-order valence-electron chi connectivity index (χ1n) is 8.74. The van der Waals surface area contributed by atoms with Gasteiger partial charge in [0, 0.05) is 35.1 Å². The van der Waals surface area contributed by atoms with Crippen molar-refractivity contribution in [2.45, 2.75) is 31.2 Å². The van der Waals surface area contributed by atoms with E-state index in [9.17, 15) is 0 Å². The third-order valence-corrected chi connectivity index (χ3v) is 5.20. The van der Waals surface area contributed by atoms with E-state index in [4.69, 9.17) is 5.26 Å². The molecule has 0 unspecified atom stereocenters. The fourth-order valence-electron chi connectivity index (χ4n) is 3.96. The minimum absolute atomic E-state index is 0.357. The molecule has 4 heterocycles. The lowest BCUT2D eigenvalue weighted by molar-refractivity contribution is 0.682. The van der Waals surface area contributed by atoms with E-state index < -0.39 is 0 Å². The molecule has 0 bridgehead atoms. The molecule has 1 fully saturated rings. The van der Waals surface area contributed by atoms with E-state index in [-0.39, 0.29) is 0 Å². The van der Waals surface area contributed by atoms with Gasteiger partial charge in [0.15, 0.2) is 0 Å². The van der Waals surface area contributed by atoms with Crippen LogP contribution in [0.1, 0.15) is 36.4 Å². The molecular formula is C19H17N7. The van der Waals surface area contributed by atoms with E-state index in [1.807, 2.05) is 18.5 Å². The van der Waals surface area contributed by atoms with Crippen molar-refractivity contribution in [2.75, 3.05) is 5.32 Å². The minimum atomic E-state index is 0.357. The zero-order valence-electron chi connectivity index (χ0n) is 14.0. The maximum atomic E-state index is 8.87. The third-order valence-electron chi connectivity index (χ3n) is 5.20. The summed E-state index contributed by atoms with van der Waals surface area (Å²) >= 11 is 0. The molecule has 0 aliphatic heterocycles. The average molecular weight is 343 g/mol. The fourth-order valence-corrected chi connectivity index (χ4v) is 3.96. The largest absolute Gasteiger partial charge is 0.367 e. The number of rotatable bonds is 3. The molecule has 1 aliphatic carbocycles. The number of hydrogen-bond acceptors (Lipinski definition) is 5. The lowest BCUT2D eigenvalue weighted by Gasteiger charge is -2.13. The Labute approximate surface area is 149 Å².